The molecular weight excluding hydrogens is 294 g/mol. The second kappa shape index (κ2) is 9.23. The van der Waals surface area contributed by atoms with Crippen molar-refractivity contribution in [1.29, 1.82) is 0 Å². The lowest BCUT2D eigenvalue weighted by Crippen LogP contribution is -2.30. The second-order valence-electron chi connectivity index (χ2n) is 3.72. The normalized spacial score (nSPS) is 11.4. The maximum atomic E-state index is 11.6. The Morgan fingerprint density at radius 3 is 2.82 bits per heavy atom. The number of hydroxylamine groups is 1. The van der Waals surface area contributed by atoms with E-state index >= 15 is 0 Å². The lowest BCUT2D eigenvalue weighted by molar-refractivity contribution is 0.110. The first kappa shape index (κ1) is 17.3. The standard InChI is InChI=1S/C12H17N5O5/c1-9(5-15-20-3)16-22-7-10-11(6-13-8-14-10)17(21-4)12(18)19-2/h5-6,8H,7H2,1-4H3/b15-5?,16-9+. The smallest absolute Gasteiger partial charge is 0.438 e. The molecule has 120 valence electrons. The van der Waals surface area contributed by atoms with Crippen LogP contribution in [0.3, 0.4) is 0 Å². The summed E-state index contributed by atoms with van der Waals surface area (Å²) in [4.78, 5) is 34.1. The Balaban J connectivity index is 2.84. The molecule has 0 unspecified atom stereocenters. The van der Waals surface area contributed by atoms with E-state index in [-0.39, 0.29) is 12.3 Å². The highest BCUT2D eigenvalue weighted by molar-refractivity contribution is 6.29. The quantitative estimate of drug-likeness (QED) is 0.548. The average molecular weight is 311 g/mol. The Morgan fingerprint density at radius 1 is 1.41 bits per heavy atom. The number of anilines is 1. The van der Waals surface area contributed by atoms with Gasteiger partial charge in [0.15, 0.2) is 6.61 Å². The van der Waals surface area contributed by atoms with E-state index in [4.69, 9.17) is 9.68 Å². The summed E-state index contributed by atoms with van der Waals surface area (Å²) in [6.45, 7) is 1.67. The number of hydrogen-bond donors (Lipinski definition) is 0. The van der Waals surface area contributed by atoms with Crippen molar-refractivity contribution in [3.05, 3.63) is 18.2 Å². The molecule has 0 radical (unpaired) electrons. The number of methoxy groups -OCH3 is 1. The molecule has 22 heavy (non-hydrogen) atoms. The zero-order valence-corrected chi connectivity index (χ0v) is 12.7. The van der Waals surface area contributed by atoms with Crippen LogP contribution in [0.1, 0.15) is 12.6 Å². The minimum absolute atomic E-state index is 0.00707. The van der Waals surface area contributed by atoms with Gasteiger partial charge in [-0.3, -0.25) is 4.84 Å². The van der Waals surface area contributed by atoms with Gasteiger partial charge in [-0.05, 0) is 6.92 Å². The summed E-state index contributed by atoms with van der Waals surface area (Å²) in [6.07, 6.45) is 3.38. The van der Waals surface area contributed by atoms with Crippen molar-refractivity contribution in [2.24, 2.45) is 10.3 Å². The van der Waals surface area contributed by atoms with E-state index in [0.717, 1.165) is 5.06 Å². The van der Waals surface area contributed by atoms with Crippen LogP contribution in [0.2, 0.25) is 0 Å². The predicted octanol–water partition coefficient (Wildman–Crippen LogP) is 1.14. The van der Waals surface area contributed by atoms with Crippen molar-refractivity contribution < 1.29 is 24.0 Å². The van der Waals surface area contributed by atoms with Gasteiger partial charge in [0.1, 0.15) is 24.8 Å². The molecule has 0 saturated carbocycles. The fraction of sp³-hybridized carbons (Fsp3) is 0.417. The van der Waals surface area contributed by atoms with Crippen LogP contribution >= 0.6 is 0 Å². The third-order valence-electron chi connectivity index (χ3n) is 2.27. The van der Waals surface area contributed by atoms with Crippen LogP contribution in [-0.4, -0.2) is 49.3 Å². The lowest BCUT2D eigenvalue weighted by Gasteiger charge is -2.19. The van der Waals surface area contributed by atoms with Gasteiger partial charge >= 0.3 is 6.09 Å². The van der Waals surface area contributed by atoms with Crippen molar-refractivity contribution >= 4 is 23.7 Å². The molecule has 1 aromatic rings. The van der Waals surface area contributed by atoms with E-state index < -0.39 is 6.09 Å². The van der Waals surface area contributed by atoms with Crippen molar-refractivity contribution in [3.8, 4) is 0 Å². The minimum atomic E-state index is -0.717. The van der Waals surface area contributed by atoms with Gasteiger partial charge in [0, 0.05) is 0 Å². The Morgan fingerprint density at radius 2 is 2.18 bits per heavy atom. The number of ether oxygens (including phenoxy) is 1. The molecule has 0 bridgehead atoms. The van der Waals surface area contributed by atoms with Crippen molar-refractivity contribution in [2.45, 2.75) is 13.5 Å². The molecule has 0 aliphatic carbocycles. The van der Waals surface area contributed by atoms with Gasteiger partial charge in [0.05, 0.1) is 32.3 Å². The number of oxime groups is 2. The van der Waals surface area contributed by atoms with Crippen molar-refractivity contribution in [2.75, 3.05) is 26.4 Å². The molecule has 0 N–H and O–H groups in total. The van der Waals surface area contributed by atoms with Crippen molar-refractivity contribution in [1.82, 2.24) is 9.97 Å². The van der Waals surface area contributed by atoms with E-state index in [1.54, 1.807) is 6.92 Å². The molecule has 1 heterocycles. The first-order valence-corrected chi connectivity index (χ1v) is 6.08. The molecule has 1 amide bonds. The zero-order valence-electron chi connectivity index (χ0n) is 12.7. The van der Waals surface area contributed by atoms with Gasteiger partial charge in [-0.25, -0.2) is 14.8 Å². The van der Waals surface area contributed by atoms with Crippen LogP contribution in [0, 0.1) is 0 Å². The van der Waals surface area contributed by atoms with Crippen LogP contribution in [0.4, 0.5) is 10.5 Å². The maximum absolute atomic E-state index is 11.6. The third kappa shape index (κ3) is 4.98. The second-order valence-corrected chi connectivity index (χ2v) is 3.72. The van der Waals surface area contributed by atoms with Gasteiger partial charge in [-0.2, -0.15) is 0 Å². The van der Waals surface area contributed by atoms with Crippen LogP contribution in [-0.2, 0) is 25.9 Å². The zero-order chi connectivity index (χ0) is 16.4. The monoisotopic (exact) mass is 311 g/mol. The Labute approximate surface area is 127 Å². The predicted molar refractivity (Wildman–Crippen MR) is 77.3 cm³/mol. The van der Waals surface area contributed by atoms with E-state index in [1.165, 1.54) is 40.1 Å². The van der Waals surface area contributed by atoms with E-state index in [2.05, 4.69) is 29.9 Å². The van der Waals surface area contributed by atoms with Crippen molar-refractivity contribution in [3.63, 3.8) is 0 Å². The molecule has 0 aromatic carbocycles. The summed E-state index contributed by atoms with van der Waals surface area (Å²) in [5.41, 5.74) is 1.17. The SMILES string of the molecule is CON=C/C(C)=N/OCc1ncncc1N(OC)C(=O)OC. The Hall–Kier alpha value is -2.75. The van der Waals surface area contributed by atoms with Gasteiger partial charge < -0.3 is 14.4 Å². The molecule has 0 spiro atoms. The fourth-order valence-electron chi connectivity index (χ4n) is 1.33. The summed E-state index contributed by atoms with van der Waals surface area (Å²) in [6, 6.07) is 0. The number of hydrogen-bond acceptors (Lipinski definition) is 9. The van der Waals surface area contributed by atoms with E-state index in [0.29, 0.717) is 11.4 Å². The van der Waals surface area contributed by atoms with Gasteiger partial charge in [-0.1, -0.05) is 10.3 Å². The summed E-state index contributed by atoms with van der Waals surface area (Å²) >= 11 is 0. The molecule has 1 aromatic heterocycles. The summed E-state index contributed by atoms with van der Waals surface area (Å²) in [5, 5.41) is 8.24. The molecule has 0 saturated heterocycles. The Kier molecular flexibility index (Phi) is 7.26. The largest absolute Gasteiger partial charge is 0.451 e. The molecule has 10 nitrogen and oxygen atoms in total. The molecule has 0 aliphatic rings. The maximum Gasteiger partial charge on any atom is 0.438 e. The molecule has 0 aliphatic heterocycles. The van der Waals surface area contributed by atoms with Crippen LogP contribution in [0.5, 0.6) is 0 Å². The number of amides is 1. The van der Waals surface area contributed by atoms with E-state index in [9.17, 15) is 4.79 Å². The lowest BCUT2D eigenvalue weighted by atomic mass is 10.3. The summed E-state index contributed by atoms with van der Waals surface area (Å²) in [7, 11) is 3.97. The number of aromatic nitrogens is 2. The molecule has 10 heteroatoms. The number of carbonyl (C=O) groups excluding carboxylic acids is 1. The van der Waals surface area contributed by atoms with E-state index in [1.807, 2.05) is 0 Å². The van der Waals surface area contributed by atoms with Gasteiger partial charge in [0.25, 0.3) is 0 Å². The molecule has 0 fully saturated rings. The highest BCUT2D eigenvalue weighted by Gasteiger charge is 2.20. The molecule has 1 rings (SSSR count). The third-order valence-corrected chi connectivity index (χ3v) is 2.27. The first-order valence-electron chi connectivity index (χ1n) is 6.08. The van der Waals surface area contributed by atoms with Gasteiger partial charge in [-0.15, -0.1) is 5.06 Å². The van der Waals surface area contributed by atoms with Gasteiger partial charge in [0.2, 0.25) is 0 Å². The number of nitrogens with zero attached hydrogens (tertiary/aromatic N) is 5. The minimum Gasteiger partial charge on any atom is -0.451 e. The topological polar surface area (TPSA) is 108 Å². The average Bonchev–Trinajstić information content (AvgIpc) is 2.54. The highest BCUT2D eigenvalue weighted by atomic mass is 16.7. The summed E-state index contributed by atoms with van der Waals surface area (Å²) in [5.74, 6) is 0. The first-order chi connectivity index (χ1) is 10.6. The molecule has 0 atom stereocenters. The van der Waals surface area contributed by atoms with Crippen LogP contribution < -0.4 is 5.06 Å². The number of carbonyl (C=O) groups is 1. The highest BCUT2D eigenvalue weighted by Crippen LogP contribution is 2.19. The fourth-order valence-corrected chi connectivity index (χ4v) is 1.33. The summed E-state index contributed by atoms with van der Waals surface area (Å²) < 4.78 is 4.61. The molecular formula is C12H17N5O5. The van der Waals surface area contributed by atoms with Crippen LogP contribution in [0.25, 0.3) is 0 Å². The number of rotatable bonds is 7. The van der Waals surface area contributed by atoms with Crippen LogP contribution in [0.15, 0.2) is 22.8 Å². The Bertz CT molecular complexity index is 548.